The van der Waals surface area contributed by atoms with Gasteiger partial charge in [0.25, 0.3) is 0 Å². The first-order valence-electron chi connectivity index (χ1n) is 6.74. The smallest absolute Gasteiger partial charge is 0.0994 e. The molecule has 1 aliphatic rings. The zero-order valence-corrected chi connectivity index (χ0v) is 12.5. The van der Waals surface area contributed by atoms with Crippen molar-refractivity contribution in [2.45, 2.75) is 5.92 Å². The van der Waals surface area contributed by atoms with Crippen molar-refractivity contribution in [2.24, 2.45) is 0 Å². The van der Waals surface area contributed by atoms with E-state index in [1.54, 1.807) is 0 Å². The number of nitrogens with one attached hydrogen (secondary N) is 1. The van der Waals surface area contributed by atoms with Gasteiger partial charge in [0.15, 0.2) is 0 Å². The fraction of sp³-hybridized carbons (Fsp3) is 0.188. The summed E-state index contributed by atoms with van der Waals surface area (Å²) in [6.45, 7) is 2.10. The van der Waals surface area contributed by atoms with Crippen molar-refractivity contribution < 1.29 is 0 Å². The highest BCUT2D eigenvalue weighted by molar-refractivity contribution is 9.10. The van der Waals surface area contributed by atoms with Crippen molar-refractivity contribution in [3.63, 3.8) is 0 Å². The van der Waals surface area contributed by atoms with Crippen molar-refractivity contribution in [2.75, 3.05) is 13.1 Å². The normalized spacial score (nSPS) is 15.4. The molecule has 0 aliphatic carbocycles. The fourth-order valence-electron chi connectivity index (χ4n) is 2.67. The van der Waals surface area contributed by atoms with Crippen molar-refractivity contribution in [3.8, 4) is 5.69 Å². The molecule has 0 atom stereocenters. The van der Waals surface area contributed by atoms with Crippen LogP contribution in [0.25, 0.3) is 16.5 Å². The molecule has 4 heteroatoms. The quantitative estimate of drug-likeness (QED) is 0.781. The molecule has 0 saturated carbocycles. The number of nitrogens with zero attached hydrogens (tertiary/aromatic N) is 2. The Morgan fingerprint density at radius 3 is 2.70 bits per heavy atom. The van der Waals surface area contributed by atoms with Crippen molar-refractivity contribution in [1.29, 1.82) is 0 Å². The summed E-state index contributed by atoms with van der Waals surface area (Å²) in [5.74, 6) is 0.582. The Morgan fingerprint density at radius 2 is 1.90 bits per heavy atom. The summed E-state index contributed by atoms with van der Waals surface area (Å²) in [6, 6.07) is 12.9. The summed E-state index contributed by atoms with van der Waals surface area (Å²) in [7, 11) is 0. The number of imidazole rings is 1. The van der Waals surface area contributed by atoms with Gasteiger partial charge >= 0.3 is 0 Å². The third kappa shape index (κ3) is 1.96. The lowest BCUT2D eigenvalue weighted by molar-refractivity contribution is 0.435. The van der Waals surface area contributed by atoms with Crippen LogP contribution in [0.15, 0.2) is 53.4 Å². The van der Waals surface area contributed by atoms with Crippen LogP contribution in [0.4, 0.5) is 0 Å². The molecule has 3 aromatic rings. The van der Waals surface area contributed by atoms with E-state index in [9.17, 15) is 0 Å². The van der Waals surface area contributed by atoms with Crippen LogP contribution in [-0.2, 0) is 0 Å². The minimum absolute atomic E-state index is 0.582. The van der Waals surface area contributed by atoms with Gasteiger partial charge in [0.05, 0.1) is 6.33 Å². The summed E-state index contributed by atoms with van der Waals surface area (Å²) in [6.07, 6.45) is 3.89. The molecule has 1 saturated heterocycles. The Morgan fingerprint density at radius 1 is 1.10 bits per heavy atom. The van der Waals surface area contributed by atoms with Gasteiger partial charge in [0.1, 0.15) is 0 Å². The minimum Gasteiger partial charge on any atom is -0.315 e. The number of rotatable bonds is 2. The van der Waals surface area contributed by atoms with Crippen molar-refractivity contribution >= 4 is 26.7 Å². The molecule has 3 nitrogen and oxygen atoms in total. The largest absolute Gasteiger partial charge is 0.315 e. The van der Waals surface area contributed by atoms with Gasteiger partial charge in [-0.1, -0.05) is 28.1 Å². The zero-order chi connectivity index (χ0) is 13.5. The van der Waals surface area contributed by atoms with Gasteiger partial charge in [0.2, 0.25) is 0 Å². The standard InChI is InChI=1S/C16H14BrN3/c17-14-3-1-12-6-15(4-2-11(12)5-14)20-10-19-9-16(20)13-7-18-8-13/h1-6,9-10,13,18H,7-8H2. The van der Waals surface area contributed by atoms with E-state index in [2.05, 4.69) is 67.2 Å². The number of halogens is 1. The molecule has 0 unspecified atom stereocenters. The molecule has 1 aliphatic heterocycles. The predicted octanol–water partition coefficient (Wildman–Crippen LogP) is 3.47. The molecule has 1 N–H and O–H groups in total. The van der Waals surface area contributed by atoms with E-state index >= 15 is 0 Å². The third-order valence-electron chi connectivity index (χ3n) is 3.93. The highest BCUT2D eigenvalue weighted by Gasteiger charge is 2.22. The lowest BCUT2D eigenvalue weighted by Gasteiger charge is -2.27. The third-order valence-corrected chi connectivity index (χ3v) is 4.42. The predicted molar refractivity (Wildman–Crippen MR) is 84.4 cm³/mol. The van der Waals surface area contributed by atoms with Crippen LogP contribution in [0.5, 0.6) is 0 Å². The van der Waals surface area contributed by atoms with Crippen LogP contribution in [0, 0.1) is 0 Å². The molecule has 0 bridgehead atoms. The minimum atomic E-state index is 0.582. The molecule has 20 heavy (non-hydrogen) atoms. The second kappa shape index (κ2) is 4.72. The number of hydrogen-bond donors (Lipinski definition) is 1. The Hall–Kier alpha value is -1.65. The average molecular weight is 328 g/mol. The average Bonchev–Trinajstić information content (AvgIpc) is 2.85. The molecule has 1 fully saturated rings. The van der Waals surface area contributed by atoms with E-state index in [1.807, 2.05) is 12.5 Å². The fourth-order valence-corrected chi connectivity index (χ4v) is 3.05. The molecule has 0 amide bonds. The molecular weight excluding hydrogens is 314 g/mol. The first-order chi connectivity index (χ1) is 9.81. The molecule has 100 valence electrons. The Balaban J connectivity index is 1.82. The second-order valence-corrected chi connectivity index (χ2v) is 6.14. The maximum Gasteiger partial charge on any atom is 0.0994 e. The number of aromatic nitrogens is 2. The summed E-state index contributed by atoms with van der Waals surface area (Å²) in [5, 5.41) is 5.81. The van der Waals surface area contributed by atoms with Gasteiger partial charge < -0.3 is 9.88 Å². The van der Waals surface area contributed by atoms with Crippen LogP contribution in [-0.4, -0.2) is 22.6 Å². The molecule has 4 rings (SSSR count). The number of benzene rings is 2. The molecule has 0 spiro atoms. The topological polar surface area (TPSA) is 29.9 Å². The lowest BCUT2D eigenvalue weighted by Crippen LogP contribution is -2.40. The molecule has 1 aromatic heterocycles. The number of fused-ring (bicyclic) bond motifs is 1. The van der Waals surface area contributed by atoms with Crippen molar-refractivity contribution in [1.82, 2.24) is 14.9 Å². The van der Waals surface area contributed by atoms with E-state index < -0.39 is 0 Å². The van der Waals surface area contributed by atoms with Gasteiger partial charge in [0, 0.05) is 41.1 Å². The Kier molecular flexibility index (Phi) is 2.86. The zero-order valence-electron chi connectivity index (χ0n) is 10.9. The highest BCUT2D eigenvalue weighted by atomic mass is 79.9. The molecule has 0 radical (unpaired) electrons. The summed E-state index contributed by atoms with van der Waals surface area (Å²) in [4.78, 5) is 4.32. The van der Waals surface area contributed by atoms with E-state index in [-0.39, 0.29) is 0 Å². The SMILES string of the molecule is Brc1ccc2cc(-n3cncc3C3CNC3)ccc2c1. The second-order valence-electron chi connectivity index (χ2n) is 5.22. The summed E-state index contributed by atoms with van der Waals surface area (Å²) < 4.78 is 3.31. The maximum absolute atomic E-state index is 4.32. The van der Waals surface area contributed by atoms with Gasteiger partial charge in [-0.3, -0.25) is 0 Å². The summed E-state index contributed by atoms with van der Waals surface area (Å²) >= 11 is 3.52. The van der Waals surface area contributed by atoms with Crippen LogP contribution in [0.1, 0.15) is 11.6 Å². The highest BCUT2D eigenvalue weighted by Crippen LogP contribution is 2.26. The monoisotopic (exact) mass is 327 g/mol. The first-order valence-corrected chi connectivity index (χ1v) is 7.53. The van der Waals surface area contributed by atoms with E-state index in [4.69, 9.17) is 0 Å². The number of hydrogen-bond acceptors (Lipinski definition) is 2. The van der Waals surface area contributed by atoms with E-state index in [0.29, 0.717) is 5.92 Å². The Bertz CT molecular complexity index is 774. The van der Waals surface area contributed by atoms with Gasteiger partial charge in [-0.25, -0.2) is 4.98 Å². The summed E-state index contributed by atoms with van der Waals surface area (Å²) in [5.41, 5.74) is 2.47. The van der Waals surface area contributed by atoms with Crippen LogP contribution >= 0.6 is 15.9 Å². The van der Waals surface area contributed by atoms with E-state index in [0.717, 1.165) is 17.6 Å². The Labute approximate surface area is 125 Å². The van der Waals surface area contributed by atoms with Crippen LogP contribution in [0.3, 0.4) is 0 Å². The first kappa shape index (κ1) is 12.1. The lowest BCUT2D eigenvalue weighted by atomic mass is 9.99. The molecular formula is C16H14BrN3. The van der Waals surface area contributed by atoms with Gasteiger partial charge in [-0.2, -0.15) is 0 Å². The molecule has 2 heterocycles. The maximum atomic E-state index is 4.32. The van der Waals surface area contributed by atoms with Gasteiger partial charge in [-0.05, 0) is 35.0 Å². The van der Waals surface area contributed by atoms with Crippen molar-refractivity contribution in [3.05, 3.63) is 59.1 Å². The van der Waals surface area contributed by atoms with Gasteiger partial charge in [-0.15, -0.1) is 0 Å². The van der Waals surface area contributed by atoms with E-state index in [1.165, 1.54) is 22.2 Å². The molecule has 2 aromatic carbocycles. The van der Waals surface area contributed by atoms with Crippen LogP contribution < -0.4 is 5.32 Å². The van der Waals surface area contributed by atoms with Crippen LogP contribution in [0.2, 0.25) is 0 Å².